The van der Waals surface area contributed by atoms with Gasteiger partial charge in [0.25, 0.3) is 0 Å². The highest BCUT2D eigenvalue weighted by molar-refractivity contribution is 7.98. The van der Waals surface area contributed by atoms with E-state index < -0.39 is 0 Å². The second-order valence-electron chi connectivity index (χ2n) is 4.52. The minimum absolute atomic E-state index is 0.416. The Morgan fingerprint density at radius 2 is 2.16 bits per heavy atom. The summed E-state index contributed by atoms with van der Waals surface area (Å²) in [6.45, 7) is 4.27. The molecule has 0 atom stereocenters. The lowest BCUT2D eigenvalue weighted by Crippen LogP contribution is -2.00. The first-order chi connectivity index (χ1) is 9.04. The maximum Gasteiger partial charge on any atom is 0.130 e. The maximum atomic E-state index is 5.97. The average molecular weight is 311 g/mol. The molecule has 0 amide bonds. The second-order valence-corrected chi connectivity index (χ2v) is 6.43. The Morgan fingerprint density at radius 3 is 2.84 bits per heavy atom. The lowest BCUT2D eigenvalue weighted by Gasteiger charge is -2.08. The molecule has 19 heavy (non-hydrogen) atoms. The number of aromatic nitrogens is 2. The van der Waals surface area contributed by atoms with Crippen LogP contribution in [-0.4, -0.2) is 9.97 Å². The Labute approximate surface area is 127 Å². The van der Waals surface area contributed by atoms with E-state index in [1.807, 2.05) is 30.3 Å². The molecule has 1 aromatic carbocycles. The van der Waals surface area contributed by atoms with Crippen LogP contribution in [0.1, 0.15) is 31.3 Å². The molecule has 0 saturated carbocycles. The van der Waals surface area contributed by atoms with Crippen molar-refractivity contribution in [3.63, 3.8) is 0 Å². The van der Waals surface area contributed by atoms with Crippen molar-refractivity contribution in [3.05, 3.63) is 51.5 Å². The van der Waals surface area contributed by atoms with Gasteiger partial charge in [-0.1, -0.05) is 43.7 Å². The van der Waals surface area contributed by atoms with E-state index in [0.29, 0.717) is 10.6 Å². The van der Waals surface area contributed by atoms with Crippen LogP contribution in [0, 0.1) is 4.64 Å². The summed E-state index contributed by atoms with van der Waals surface area (Å²) >= 11 is 12.9. The molecule has 0 bridgehead atoms. The highest BCUT2D eigenvalue weighted by Crippen LogP contribution is 2.24. The first kappa shape index (κ1) is 14.6. The fourth-order valence-corrected chi connectivity index (χ4v) is 2.93. The van der Waals surface area contributed by atoms with Gasteiger partial charge in [-0.2, -0.15) is 0 Å². The number of H-pyrrole nitrogens is 1. The van der Waals surface area contributed by atoms with Gasteiger partial charge in [0.1, 0.15) is 10.5 Å². The minimum atomic E-state index is 0.416. The molecule has 0 saturated heterocycles. The molecular weight excluding hydrogens is 296 g/mol. The minimum Gasteiger partial charge on any atom is -0.346 e. The van der Waals surface area contributed by atoms with Gasteiger partial charge < -0.3 is 4.98 Å². The molecule has 2 aromatic rings. The van der Waals surface area contributed by atoms with Crippen molar-refractivity contribution < 1.29 is 0 Å². The molecule has 0 aliphatic carbocycles. The number of aromatic amines is 1. The molecule has 1 N–H and O–H groups in total. The van der Waals surface area contributed by atoms with Gasteiger partial charge in [0.2, 0.25) is 0 Å². The van der Waals surface area contributed by atoms with Crippen molar-refractivity contribution in [1.82, 2.24) is 9.97 Å². The van der Waals surface area contributed by atoms with Crippen LogP contribution in [-0.2, 0) is 5.75 Å². The third-order valence-electron chi connectivity index (χ3n) is 2.61. The lowest BCUT2D eigenvalue weighted by atomic mass is 10.1. The molecule has 2 rings (SSSR count). The fourth-order valence-electron chi connectivity index (χ4n) is 1.62. The molecule has 0 aliphatic rings. The third-order valence-corrected chi connectivity index (χ3v) is 4.06. The SMILES string of the molecule is CC(C)c1cc(=S)nc(CSc2cccc(Cl)c2)[nH]1. The standard InChI is InChI=1S/C14H15ClN2S2/c1-9(2)12-7-14(18)17-13(16-12)8-19-11-5-3-4-10(15)6-11/h3-7,9H,8H2,1-2H3,(H,16,17,18). The molecule has 0 fully saturated rings. The van der Waals surface area contributed by atoms with Gasteiger partial charge in [-0.15, -0.1) is 11.8 Å². The van der Waals surface area contributed by atoms with E-state index in [1.165, 1.54) is 0 Å². The van der Waals surface area contributed by atoms with E-state index in [0.717, 1.165) is 27.2 Å². The zero-order valence-corrected chi connectivity index (χ0v) is 13.2. The van der Waals surface area contributed by atoms with E-state index in [2.05, 4.69) is 23.8 Å². The van der Waals surface area contributed by atoms with Crippen LogP contribution in [0.4, 0.5) is 0 Å². The molecule has 0 radical (unpaired) electrons. The summed E-state index contributed by atoms with van der Waals surface area (Å²) < 4.78 is 0.643. The molecule has 1 heterocycles. The van der Waals surface area contributed by atoms with Crippen molar-refractivity contribution >= 4 is 35.6 Å². The van der Waals surface area contributed by atoms with Gasteiger partial charge in [0, 0.05) is 15.6 Å². The van der Waals surface area contributed by atoms with E-state index in [1.54, 1.807) is 11.8 Å². The Balaban J connectivity index is 2.13. The van der Waals surface area contributed by atoms with Gasteiger partial charge in [-0.25, -0.2) is 4.98 Å². The van der Waals surface area contributed by atoms with E-state index >= 15 is 0 Å². The number of rotatable bonds is 4. The zero-order chi connectivity index (χ0) is 13.8. The summed E-state index contributed by atoms with van der Waals surface area (Å²) in [6.07, 6.45) is 0. The number of nitrogens with one attached hydrogen (secondary N) is 1. The van der Waals surface area contributed by atoms with Crippen LogP contribution in [0.2, 0.25) is 5.02 Å². The summed E-state index contributed by atoms with van der Waals surface area (Å²) in [5.41, 5.74) is 1.13. The summed E-state index contributed by atoms with van der Waals surface area (Å²) in [7, 11) is 0. The number of nitrogens with zero attached hydrogens (tertiary/aromatic N) is 1. The van der Waals surface area contributed by atoms with E-state index in [9.17, 15) is 0 Å². The number of hydrogen-bond donors (Lipinski definition) is 1. The van der Waals surface area contributed by atoms with Crippen molar-refractivity contribution in [2.75, 3.05) is 0 Å². The Kier molecular flexibility index (Phi) is 5.02. The van der Waals surface area contributed by atoms with Gasteiger partial charge in [-0.3, -0.25) is 0 Å². The van der Waals surface area contributed by atoms with Crippen LogP contribution in [0.5, 0.6) is 0 Å². The maximum absolute atomic E-state index is 5.97. The van der Waals surface area contributed by atoms with Gasteiger partial charge in [0.05, 0.1) is 5.75 Å². The monoisotopic (exact) mass is 310 g/mol. The molecule has 2 nitrogen and oxygen atoms in total. The number of hydrogen-bond acceptors (Lipinski definition) is 3. The van der Waals surface area contributed by atoms with Crippen LogP contribution >= 0.6 is 35.6 Å². The molecule has 5 heteroatoms. The van der Waals surface area contributed by atoms with Gasteiger partial charge >= 0.3 is 0 Å². The van der Waals surface area contributed by atoms with Crippen LogP contribution in [0.25, 0.3) is 0 Å². The number of halogens is 1. The van der Waals surface area contributed by atoms with Crippen LogP contribution in [0.3, 0.4) is 0 Å². The fraction of sp³-hybridized carbons (Fsp3) is 0.286. The highest BCUT2D eigenvalue weighted by Gasteiger charge is 2.04. The number of thioether (sulfide) groups is 1. The second kappa shape index (κ2) is 6.55. The number of benzene rings is 1. The van der Waals surface area contributed by atoms with Crippen LogP contribution < -0.4 is 0 Å². The predicted molar refractivity (Wildman–Crippen MR) is 84.5 cm³/mol. The largest absolute Gasteiger partial charge is 0.346 e. The molecule has 0 aliphatic heterocycles. The van der Waals surface area contributed by atoms with E-state index in [-0.39, 0.29) is 0 Å². The van der Waals surface area contributed by atoms with Crippen molar-refractivity contribution in [1.29, 1.82) is 0 Å². The van der Waals surface area contributed by atoms with Crippen molar-refractivity contribution in [2.45, 2.75) is 30.4 Å². The topological polar surface area (TPSA) is 28.7 Å². The summed E-state index contributed by atoms with van der Waals surface area (Å²) in [5, 5.41) is 0.752. The lowest BCUT2D eigenvalue weighted by molar-refractivity contribution is 0.797. The molecule has 0 spiro atoms. The quantitative estimate of drug-likeness (QED) is 0.621. The van der Waals surface area contributed by atoms with Crippen molar-refractivity contribution in [3.8, 4) is 0 Å². The van der Waals surface area contributed by atoms with Gasteiger partial charge in [0.15, 0.2) is 0 Å². The third kappa shape index (κ3) is 4.34. The summed E-state index contributed by atoms with van der Waals surface area (Å²) in [5.74, 6) is 2.07. The predicted octanol–water partition coefficient (Wildman–Crippen LogP) is 5.21. The summed E-state index contributed by atoms with van der Waals surface area (Å²) in [6, 6.07) is 9.74. The highest BCUT2D eigenvalue weighted by atomic mass is 35.5. The van der Waals surface area contributed by atoms with E-state index in [4.69, 9.17) is 23.8 Å². The Hall–Kier alpha value is -0.840. The van der Waals surface area contributed by atoms with Gasteiger partial charge in [-0.05, 0) is 30.2 Å². The first-order valence-corrected chi connectivity index (χ1v) is 7.80. The molecule has 1 aromatic heterocycles. The smallest absolute Gasteiger partial charge is 0.130 e. The molecular formula is C14H15ClN2S2. The first-order valence-electron chi connectivity index (χ1n) is 6.03. The van der Waals surface area contributed by atoms with Crippen LogP contribution in [0.15, 0.2) is 35.2 Å². The summed E-state index contributed by atoms with van der Waals surface area (Å²) in [4.78, 5) is 8.83. The Bertz CT molecular complexity index is 623. The zero-order valence-electron chi connectivity index (χ0n) is 10.8. The normalized spacial score (nSPS) is 10.9. The Morgan fingerprint density at radius 1 is 1.37 bits per heavy atom. The van der Waals surface area contributed by atoms with Crippen molar-refractivity contribution in [2.24, 2.45) is 0 Å². The molecule has 100 valence electrons. The average Bonchev–Trinajstić information content (AvgIpc) is 2.36. The molecule has 0 unspecified atom stereocenters.